The van der Waals surface area contributed by atoms with Crippen LogP contribution in [0.15, 0.2) is 23.6 Å². The molecular formula is C24H33NO4S. The Hall–Kier alpha value is -1.47. The summed E-state index contributed by atoms with van der Waals surface area (Å²) < 4.78 is 12.5. The van der Waals surface area contributed by atoms with Gasteiger partial charge in [0.2, 0.25) is 0 Å². The Morgan fingerprint density at radius 2 is 2.10 bits per heavy atom. The monoisotopic (exact) mass is 431 g/mol. The van der Waals surface area contributed by atoms with Gasteiger partial charge in [0.1, 0.15) is 16.9 Å². The van der Waals surface area contributed by atoms with E-state index in [4.69, 9.17) is 9.47 Å². The second-order valence-electron chi connectivity index (χ2n) is 8.55. The molecule has 4 rings (SSSR count). The van der Waals surface area contributed by atoms with Gasteiger partial charge in [-0.25, -0.2) is 4.98 Å². The maximum atomic E-state index is 10.7. The zero-order valence-corrected chi connectivity index (χ0v) is 18.7. The van der Waals surface area contributed by atoms with Crippen LogP contribution < -0.4 is 4.74 Å². The van der Waals surface area contributed by atoms with Crippen molar-refractivity contribution in [1.29, 1.82) is 0 Å². The van der Waals surface area contributed by atoms with Gasteiger partial charge in [0.25, 0.3) is 0 Å². The van der Waals surface area contributed by atoms with Crippen molar-refractivity contribution < 1.29 is 19.7 Å². The molecule has 2 N–H and O–H groups in total. The van der Waals surface area contributed by atoms with Gasteiger partial charge in [-0.1, -0.05) is 26.3 Å². The van der Waals surface area contributed by atoms with E-state index in [1.807, 2.05) is 5.38 Å². The molecular weight excluding hydrogens is 398 g/mol. The van der Waals surface area contributed by atoms with Crippen molar-refractivity contribution in [3.63, 3.8) is 0 Å². The molecule has 0 unspecified atom stereocenters. The summed E-state index contributed by atoms with van der Waals surface area (Å²) >= 11 is 1.55. The SMILES string of the molecule is CCCc1cc(OC[C@@H]2[C@H]3CC[C@H](c4nc(CO)cs4)O[C@H]3C[C@H]2O)ccc1CC. The Kier molecular flexibility index (Phi) is 7.08. The first-order chi connectivity index (χ1) is 14.6. The third-order valence-electron chi connectivity index (χ3n) is 6.62. The second-order valence-corrected chi connectivity index (χ2v) is 9.44. The topological polar surface area (TPSA) is 71.8 Å². The fourth-order valence-electron chi connectivity index (χ4n) is 5.02. The van der Waals surface area contributed by atoms with Crippen molar-refractivity contribution in [2.45, 2.75) is 77.3 Å². The van der Waals surface area contributed by atoms with E-state index in [1.54, 1.807) is 11.3 Å². The number of hydrogen-bond donors (Lipinski definition) is 2. The minimum absolute atomic E-state index is 0.0263. The Bertz CT molecular complexity index is 838. The van der Waals surface area contributed by atoms with Crippen LogP contribution in [0.4, 0.5) is 0 Å². The Labute approximate surface area is 183 Å². The molecule has 0 spiro atoms. The summed E-state index contributed by atoms with van der Waals surface area (Å²) in [6, 6.07) is 6.42. The van der Waals surface area contributed by atoms with Crippen molar-refractivity contribution in [1.82, 2.24) is 4.98 Å². The number of fused-ring (bicyclic) bond motifs is 1. The van der Waals surface area contributed by atoms with Gasteiger partial charge in [-0.15, -0.1) is 11.3 Å². The maximum Gasteiger partial charge on any atom is 0.122 e. The molecule has 1 aliphatic heterocycles. The second kappa shape index (κ2) is 9.77. The van der Waals surface area contributed by atoms with Gasteiger partial charge in [-0.05, 0) is 54.9 Å². The fraction of sp³-hybridized carbons (Fsp3) is 0.625. The van der Waals surface area contributed by atoms with Crippen molar-refractivity contribution in [2.24, 2.45) is 11.8 Å². The summed E-state index contributed by atoms with van der Waals surface area (Å²) in [5.41, 5.74) is 3.47. The normalized spacial score (nSPS) is 28.5. The first kappa shape index (κ1) is 21.8. The lowest BCUT2D eigenvalue weighted by molar-refractivity contribution is -0.0812. The summed E-state index contributed by atoms with van der Waals surface area (Å²) in [5, 5.41) is 22.8. The lowest BCUT2D eigenvalue weighted by atomic mass is 9.87. The predicted octanol–water partition coefficient (Wildman–Crippen LogP) is 4.45. The van der Waals surface area contributed by atoms with E-state index in [0.717, 1.165) is 42.9 Å². The molecule has 30 heavy (non-hydrogen) atoms. The number of nitrogens with zero attached hydrogens (tertiary/aromatic N) is 1. The van der Waals surface area contributed by atoms with E-state index in [2.05, 4.69) is 37.0 Å². The van der Waals surface area contributed by atoms with Gasteiger partial charge < -0.3 is 19.7 Å². The summed E-state index contributed by atoms with van der Waals surface area (Å²) in [5.74, 6) is 1.32. The molecule has 2 fully saturated rings. The third kappa shape index (κ3) is 4.57. The molecule has 1 aromatic carbocycles. The fourth-order valence-corrected chi connectivity index (χ4v) is 5.90. The van der Waals surface area contributed by atoms with Crippen LogP contribution in [0.5, 0.6) is 5.75 Å². The number of aliphatic hydroxyl groups is 2. The Morgan fingerprint density at radius 3 is 2.83 bits per heavy atom. The lowest BCUT2D eigenvalue weighted by Crippen LogP contribution is -2.33. The Morgan fingerprint density at radius 1 is 1.23 bits per heavy atom. The predicted molar refractivity (Wildman–Crippen MR) is 118 cm³/mol. The van der Waals surface area contributed by atoms with Gasteiger partial charge in [-0.3, -0.25) is 0 Å². The highest BCUT2D eigenvalue weighted by molar-refractivity contribution is 7.09. The molecule has 2 heterocycles. The molecule has 1 saturated carbocycles. The summed E-state index contributed by atoms with van der Waals surface area (Å²) in [7, 11) is 0. The van der Waals surface area contributed by atoms with E-state index in [-0.39, 0.29) is 24.7 Å². The number of rotatable bonds is 8. The number of thiazole rings is 1. The van der Waals surface area contributed by atoms with Crippen molar-refractivity contribution in [3.8, 4) is 5.75 Å². The minimum Gasteiger partial charge on any atom is -0.493 e. The van der Waals surface area contributed by atoms with Gasteiger partial charge >= 0.3 is 0 Å². The molecule has 1 saturated heterocycles. The van der Waals surface area contributed by atoms with Crippen LogP contribution in [0.3, 0.4) is 0 Å². The lowest BCUT2D eigenvalue weighted by Gasteiger charge is -2.33. The highest BCUT2D eigenvalue weighted by atomic mass is 32.1. The molecule has 1 aromatic heterocycles. The molecule has 0 radical (unpaired) electrons. The average molecular weight is 432 g/mol. The van der Waals surface area contributed by atoms with Gasteiger partial charge in [0, 0.05) is 17.7 Å². The molecule has 0 amide bonds. The quantitative estimate of drug-likeness (QED) is 0.646. The van der Waals surface area contributed by atoms with Crippen molar-refractivity contribution >= 4 is 11.3 Å². The van der Waals surface area contributed by atoms with Crippen LogP contribution in [0.2, 0.25) is 0 Å². The number of hydrogen-bond acceptors (Lipinski definition) is 6. The smallest absolute Gasteiger partial charge is 0.122 e. The molecule has 5 nitrogen and oxygen atoms in total. The highest BCUT2D eigenvalue weighted by Crippen LogP contribution is 2.46. The van der Waals surface area contributed by atoms with E-state index < -0.39 is 6.10 Å². The van der Waals surface area contributed by atoms with Crippen LogP contribution >= 0.6 is 11.3 Å². The summed E-state index contributed by atoms with van der Waals surface area (Å²) in [6.07, 6.45) is 5.42. The van der Waals surface area contributed by atoms with Crippen molar-refractivity contribution in [3.05, 3.63) is 45.4 Å². The molecule has 1 aliphatic carbocycles. The van der Waals surface area contributed by atoms with Crippen LogP contribution in [-0.2, 0) is 24.2 Å². The largest absolute Gasteiger partial charge is 0.493 e. The third-order valence-corrected chi connectivity index (χ3v) is 7.61. The minimum atomic E-state index is -0.395. The van der Waals surface area contributed by atoms with E-state index in [9.17, 15) is 10.2 Å². The summed E-state index contributed by atoms with van der Waals surface area (Å²) in [6.45, 7) is 4.89. The number of ether oxygens (including phenoxy) is 2. The number of aromatic nitrogens is 1. The zero-order valence-electron chi connectivity index (χ0n) is 17.9. The molecule has 5 atom stereocenters. The first-order valence-electron chi connectivity index (χ1n) is 11.3. The number of aliphatic hydroxyl groups excluding tert-OH is 2. The van der Waals surface area contributed by atoms with Gasteiger partial charge in [0.05, 0.1) is 31.1 Å². The molecule has 2 aliphatic rings. The highest BCUT2D eigenvalue weighted by Gasteiger charge is 2.47. The Balaban J connectivity index is 1.38. The van der Waals surface area contributed by atoms with Gasteiger partial charge in [-0.2, -0.15) is 0 Å². The summed E-state index contributed by atoms with van der Waals surface area (Å²) in [4.78, 5) is 4.47. The maximum absolute atomic E-state index is 10.7. The van der Waals surface area contributed by atoms with Gasteiger partial charge in [0.15, 0.2) is 0 Å². The van der Waals surface area contributed by atoms with E-state index in [0.29, 0.717) is 24.6 Å². The first-order valence-corrected chi connectivity index (χ1v) is 12.1. The van der Waals surface area contributed by atoms with E-state index in [1.165, 1.54) is 11.1 Å². The zero-order chi connectivity index (χ0) is 21.1. The number of aryl methyl sites for hydroxylation is 2. The van der Waals surface area contributed by atoms with Crippen LogP contribution in [0, 0.1) is 11.8 Å². The standard InChI is InChI=1S/C24H33NO4S/c1-3-5-16-10-18(7-6-15(16)4-2)28-13-20-19-8-9-22(29-23(19)11-21(20)27)24-25-17(12-26)14-30-24/h6-7,10,14,19-23,26-27H,3-5,8-9,11-13H2,1-2H3/t19-,20-,21-,22-,23+/m1/s1. The molecule has 164 valence electrons. The van der Waals surface area contributed by atoms with Crippen LogP contribution in [0.25, 0.3) is 0 Å². The van der Waals surface area contributed by atoms with Crippen LogP contribution in [0.1, 0.15) is 67.5 Å². The molecule has 6 heteroatoms. The molecule has 2 aromatic rings. The van der Waals surface area contributed by atoms with E-state index >= 15 is 0 Å². The average Bonchev–Trinajstić information content (AvgIpc) is 3.36. The van der Waals surface area contributed by atoms with Crippen molar-refractivity contribution in [2.75, 3.05) is 6.61 Å². The number of benzene rings is 1. The molecule has 0 bridgehead atoms. The van der Waals surface area contributed by atoms with Crippen LogP contribution in [-0.4, -0.2) is 34.0 Å².